The van der Waals surface area contributed by atoms with E-state index in [4.69, 9.17) is 5.73 Å². The molecule has 0 bridgehead atoms. The molecular formula is C24H34ClN3O2. The van der Waals surface area contributed by atoms with Crippen molar-refractivity contribution in [2.75, 3.05) is 13.6 Å². The van der Waals surface area contributed by atoms with Crippen LogP contribution in [0.5, 0.6) is 0 Å². The van der Waals surface area contributed by atoms with Crippen LogP contribution in [0.1, 0.15) is 66.7 Å². The number of rotatable bonds is 8. The Hall–Kier alpha value is -2.37. The molecule has 6 heteroatoms. The highest BCUT2D eigenvalue weighted by atomic mass is 35.5. The number of hydrogen-bond donors (Lipinski definition) is 2. The number of hydrogen-bond acceptors (Lipinski definition) is 3. The first-order valence-corrected chi connectivity index (χ1v) is 10.2. The summed E-state index contributed by atoms with van der Waals surface area (Å²) in [4.78, 5) is 26.1. The van der Waals surface area contributed by atoms with Crippen molar-refractivity contribution >= 4 is 24.2 Å². The fourth-order valence-electron chi connectivity index (χ4n) is 3.10. The van der Waals surface area contributed by atoms with E-state index in [1.807, 2.05) is 38.1 Å². The first-order valence-electron chi connectivity index (χ1n) is 10.2. The molecule has 3 N–H and O–H groups in total. The monoisotopic (exact) mass is 431 g/mol. The van der Waals surface area contributed by atoms with E-state index in [1.54, 1.807) is 24.1 Å². The molecule has 0 spiro atoms. The second kappa shape index (κ2) is 11.7. The molecule has 2 aromatic carbocycles. The summed E-state index contributed by atoms with van der Waals surface area (Å²) in [6.07, 6.45) is 0. The summed E-state index contributed by atoms with van der Waals surface area (Å²) in [5.74, 6) is 0.390. The average Bonchev–Trinajstić information content (AvgIpc) is 2.71. The van der Waals surface area contributed by atoms with Crippen LogP contribution in [0.2, 0.25) is 0 Å². The topological polar surface area (TPSA) is 75.4 Å². The Morgan fingerprint density at radius 3 is 1.97 bits per heavy atom. The van der Waals surface area contributed by atoms with Crippen molar-refractivity contribution in [1.82, 2.24) is 10.2 Å². The van der Waals surface area contributed by atoms with Crippen LogP contribution in [0.15, 0.2) is 48.5 Å². The Kier molecular flexibility index (Phi) is 10.0. The van der Waals surface area contributed by atoms with E-state index in [0.29, 0.717) is 24.6 Å². The Bertz CT molecular complexity index is 817. The smallest absolute Gasteiger partial charge is 0.251 e. The summed E-state index contributed by atoms with van der Waals surface area (Å²) in [6.45, 7) is 8.97. The second-order valence-electron chi connectivity index (χ2n) is 8.18. The zero-order valence-corrected chi connectivity index (χ0v) is 19.3. The fourth-order valence-corrected chi connectivity index (χ4v) is 3.10. The molecule has 0 aliphatic rings. The van der Waals surface area contributed by atoms with Crippen LogP contribution in [-0.4, -0.2) is 30.3 Å². The number of amides is 2. The van der Waals surface area contributed by atoms with Gasteiger partial charge in [-0.2, -0.15) is 0 Å². The summed E-state index contributed by atoms with van der Waals surface area (Å²) in [5, 5.41) is 2.90. The van der Waals surface area contributed by atoms with Crippen molar-refractivity contribution in [3.63, 3.8) is 0 Å². The lowest BCUT2D eigenvalue weighted by Crippen LogP contribution is -2.32. The quantitative estimate of drug-likeness (QED) is 0.655. The average molecular weight is 432 g/mol. The molecule has 0 saturated carbocycles. The van der Waals surface area contributed by atoms with Gasteiger partial charge in [-0.3, -0.25) is 9.59 Å². The standard InChI is InChI=1S/C24H33N3O2.ClH/c1-16(2)19-10-12-20(13-11-19)22(25)14-26-23(28)21-8-6-18(7-9-21)15-27(5)24(29)17(3)4;/h6-13,16-17,22H,14-15,25H2,1-5H3,(H,26,28);1H. The molecule has 30 heavy (non-hydrogen) atoms. The van der Waals surface area contributed by atoms with Gasteiger partial charge >= 0.3 is 0 Å². The highest BCUT2D eigenvalue weighted by Crippen LogP contribution is 2.17. The molecule has 0 aliphatic carbocycles. The molecule has 0 saturated heterocycles. The number of benzene rings is 2. The van der Waals surface area contributed by atoms with Crippen LogP contribution in [-0.2, 0) is 11.3 Å². The molecule has 5 nitrogen and oxygen atoms in total. The summed E-state index contributed by atoms with van der Waals surface area (Å²) < 4.78 is 0. The SMILES string of the molecule is CC(C)C(=O)N(C)Cc1ccc(C(=O)NCC(N)c2ccc(C(C)C)cc2)cc1.Cl. The third-order valence-electron chi connectivity index (χ3n) is 5.02. The van der Waals surface area contributed by atoms with Crippen LogP contribution >= 0.6 is 12.4 Å². The molecule has 2 aromatic rings. The van der Waals surface area contributed by atoms with Crippen molar-refractivity contribution in [2.45, 2.75) is 46.2 Å². The highest BCUT2D eigenvalue weighted by Gasteiger charge is 2.14. The maximum atomic E-state index is 12.4. The zero-order valence-electron chi connectivity index (χ0n) is 18.5. The van der Waals surface area contributed by atoms with Gasteiger partial charge in [0.2, 0.25) is 5.91 Å². The van der Waals surface area contributed by atoms with Gasteiger partial charge in [0.05, 0.1) is 0 Å². The maximum Gasteiger partial charge on any atom is 0.251 e. The van der Waals surface area contributed by atoms with Crippen molar-refractivity contribution in [3.8, 4) is 0 Å². The first-order chi connectivity index (χ1) is 13.7. The lowest BCUT2D eigenvalue weighted by molar-refractivity contribution is -0.133. The number of carbonyl (C=O) groups excluding carboxylic acids is 2. The van der Waals surface area contributed by atoms with Gasteiger partial charge in [0.25, 0.3) is 5.91 Å². The molecule has 2 amide bonds. The predicted octanol–water partition coefficient (Wildman–Crippen LogP) is 4.28. The zero-order chi connectivity index (χ0) is 21.6. The first kappa shape index (κ1) is 25.7. The van der Waals surface area contributed by atoms with Crippen LogP contribution in [0, 0.1) is 5.92 Å². The van der Waals surface area contributed by atoms with Gasteiger partial charge in [-0.1, -0.05) is 64.1 Å². The van der Waals surface area contributed by atoms with E-state index >= 15 is 0 Å². The van der Waals surface area contributed by atoms with Gasteiger partial charge in [-0.15, -0.1) is 12.4 Å². The van der Waals surface area contributed by atoms with Gasteiger partial charge in [-0.05, 0) is 34.7 Å². The molecular weight excluding hydrogens is 398 g/mol. The molecule has 164 valence electrons. The van der Waals surface area contributed by atoms with Crippen molar-refractivity contribution in [3.05, 3.63) is 70.8 Å². The fraction of sp³-hybridized carbons (Fsp3) is 0.417. The molecule has 0 radical (unpaired) electrons. The largest absolute Gasteiger partial charge is 0.350 e. The predicted molar refractivity (Wildman–Crippen MR) is 125 cm³/mol. The molecule has 0 aliphatic heterocycles. The van der Waals surface area contributed by atoms with Gasteiger partial charge in [0.15, 0.2) is 0 Å². The summed E-state index contributed by atoms with van der Waals surface area (Å²) in [5.41, 5.74) is 10.1. The summed E-state index contributed by atoms with van der Waals surface area (Å²) >= 11 is 0. The van der Waals surface area contributed by atoms with Crippen molar-refractivity contribution in [1.29, 1.82) is 0 Å². The second-order valence-corrected chi connectivity index (χ2v) is 8.18. The number of nitrogens with one attached hydrogen (secondary N) is 1. The maximum absolute atomic E-state index is 12.4. The van der Waals surface area contributed by atoms with Crippen LogP contribution in [0.25, 0.3) is 0 Å². The van der Waals surface area contributed by atoms with E-state index in [-0.39, 0.29) is 36.2 Å². The van der Waals surface area contributed by atoms with Gasteiger partial charge < -0.3 is 16.0 Å². The summed E-state index contributed by atoms with van der Waals surface area (Å²) in [6, 6.07) is 15.3. The van der Waals surface area contributed by atoms with E-state index in [0.717, 1.165) is 11.1 Å². The van der Waals surface area contributed by atoms with Crippen molar-refractivity contribution < 1.29 is 9.59 Å². The molecule has 1 unspecified atom stereocenters. The minimum Gasteiger partial charge on any atom is -0.350 e. The number of nitrogens with zero attached hydrogens (tertiary/aromatic N) is 1. The summed E-state index contributed by atoms with van der Waals surface area (Å²) in [7, 11) is 1.79. The van der Waals surface area contributed by atoms with Gasteiger partial charge in [0, 0.05) is 37.7 Å². The van der Waals surface area contributed by atoms with Gasteiger partial charge in [-0.25, -0.2) is 0 Å². The van der Waals surface area contributed by atoms with E-state index < -0.39 is 0 Å². The Balaban J connectivity index is 0.00000450. The number of nitrogens with two attached hydrogens (primary N) is 1. The molecule has 0 fully saturated rings. The number of carbonyl (C=O) groups is 2. The minimum absolute atomic E-state index is 0. The normalized spacial score (nSPS) is 11.7. The third kappa shape index (κ3) is 7.15. The number of halogens is 1. The Labute approximate surface area is 186 Å². The molecule has 0 aromatic heterocycles. The molecule has 2 rings (SSSR count). The molecule has 0 heterocycles. The lowest BCUT2D eigenvalue weighted by Gasteiger charge is -2.19. The Morgan fingerprint density at radius 2 is 1.47 bits per heavy atom. The van der Waals surface area contributed by atoms with E-state index in [9.17, 15) is 9.59 Å². The van der Waals surface area contributed by atoms with Gasteiger partial charge in [0.1, 0.15) is 0 Å². The van der Waals surface area contributed by atoms with E-state index in [1.165, 1.54) is 5.56 Å². The third-order valence-corrected chi connectivity index (χ3v) is 5.02. The molecule has 1 atom stereocenters. The van der Waals surface area contributed by atoms with Crippen LogP contribution in [0.4, 0.5) is 0 Å². The lowest BCUT2D eigenvalue weighted by atomic mass is 9.99. The van der Waals surface area contributed by atoms with Crippen LogP contribution in [0.3, 0.4) is 0 Å². The highest BCUT2D eigenvalue weighted by molar-refractivity contribution is 5.94. The minimum atomic E-state index is -0.255. The van der Waals surface area contributed by atoms with E-state index in [2.05, 4.69) is 31.3 Å². The Morgan fingerprint density at radius 1 is 0.933 bits per heavy atom. The van der Waals surface area contributed by atoms with Crippen LogP contribution < -0.4 is 11.1 Å². The van der Waals surface area contributed by atoms with Crippen molar-refractivity contribution in [2.24, 2.45) is 11.7 Å².